The number of hydrazine groups is 1. The number of furan rings is 1. The maximum absolute atomic E-state index is 5.89. The van der Waals surface area contributed by atoms with Gasteiger partial charge in [0, 0.05) is 5.39 Å². The molecule has 0 aliphatic heterocycles. The molecule has 0 aliphatic rings. The van der Waals surface area contributed by atoms with Gasteiger partial charge in [0.05, 0.1) is 6.04 Å². The second-order valence-corrected chi connectivity index (χ2v) is 5.53. The molecule has 0 radical (unpaired) electrons. The highest BCUT2D eigenvalue weighted by atomic mass is 32.1. The van der Waals surface area contributed by atoms with Gasteiger partial charge in [0.1, 0.15) is 11.3 Å². The van der Waals surface area contributed by atoms with Crippen LogP contribution in [-0.4, -0.2) is 0 Å². The second-order valence-electron chi connectivity index (χ2n) is 4.75. The molecule has 3 aromatic rings. The molecular weight excluding hydrogens is 256 g/mol. The molecule has 0 bridgehead atoms. The highest BCUT2D eigenvalue weighted by Gasteiger charge is 2.15. The van der Waals surface area contributed by atoms with E-state index in [1.807, 2.05) is 6.07 Å². The van der Waals surface area contributed by atoms with Crippen molar-refractivity contribution < 1.29 is 4.42 Å². The summed E-state index contributed by atoms with van der Waals surface area (Å²) in [6.07, 6.45) is 0.832. The van der Waals surface area contributed by atoms with Crippen LogP contribution in [0.3, 0.4) is 0 Å². The number of hydrogen-bond acceptors (Lipinski definition) is 4. The minimum Gasteiger partial charge on any atom is -0.459 e. The molecule has 1 aromatic carbocycles. The average molecular weight is 272 g/mol. The molecule has 3 nitrogen and oxygen atoms in total. The SMILES string of the molecule is Cc1ccc2oc(C(Cc3ccsc3)NN)cc2c1. The molecule has 0 fully saturated rings. The van der Waals surface area contributed by atoms with Gasteiger partial charge in [0.25, 0.3) is 0 Å². The molecule has 0 saturated carbocycles. The molecule has 98 valence electrons. The first-order valence-corrected chi connectivity index (χ1v) is 7.18. The molecule has 3 N–H and O–H groups in total. The van der Waals surface area contributed by atoms with Gasteiger partial charge in [-0.1, -0.05) is 11.6 Å². The zero-order chi connectivity index (χ0) is 13.2. The van der Waals surface area contributed by atoms with E-state index in [9.17, 15) is 0 Å². The van der Waals surface area contributed by atoms with Crippen molar-refractivity contribution in [3.63, 3.8) is 0 Å². The third kappa shape index (κ3) is 2.56. The Balaban J connectivity index is 1.92. The standard InChI is InChI=1S/C15H16N2OS/c1-10-2-3-14-12(6-10)8-15(18-14)13(17-16)7-11-4-5-19-9-11/h2-6,8-9,13,17H,7,16H2,1H3. The summed E-state index contributed by atoms with van der Waals surface area (Å²) >= 11 is 1.70. The minimum absolute atomic E-state index is 0.00214. The lowest BCUT2D eigenvalue weighted by Gasteiger charge is -2.11. The van der Waals surface area contributed by atoms with Crippen LogP contribution in [0.1, 0.15) is 22.9 Å². The van der Waals surface area contributed by atoms with Gasteiger partial charge in [-0.3, -0.25) is 5.84 Å². The molecule has 0 saturated heterocycles. The van der Waals surface area contributed by atoms with Gasteiger partial charge in [-0.15, -0.1) is 0 Å². The monoisotopic (exact) mass is 272 g/mol. The van der Waals surface area contributed by atoms with E-state index in [1.54, 1.807) is 11.3 Å². The second kappa shape index (κ2) is 5.17. The zero-order valence-electron chi connectivity index (χ0n) is 10.7. The van der Waals surface area contributed by atoms with Crippen LogP contribution in [0, 0.1) is 6.92 Å². The van der Waals surface area contributed by atoms with Crippen LogP contribution in [0.5, 0.6) is 0 Å². The molecule has 0 amide bonds. The van der Waals surface area contributed by atoms with Crippen LogP contribution in [0.2, 0.25) is 0 Å². The van der Waals surface area contributed by atoms with Crippen LogP contribution >= 0.6 is 11.3 Å². The maximum atomic E-state index is 5.89. The van der Waals surface area contributed by atoms with E-state index in [2.05, 4.69) is 47.4 Å². The molecule has 1 atom stereocenters. The van der Waals surface area contributed by atoms with E-state index < -0.39 is 0 Å². The van der Waals surface area contributed by atoms with Gasteiger partial charge in [0.2, 0.25) is 0 Å². The molecule has 1 unspecified atom stereocenters. The molecule has 4 heteroatoms. The quantitative estimate of drug-likeness (QED) is 0.564. The van der Waals surface area contributed by atoms with Gasteiger partial charge in [0.15, 0.2) is 0 Å². The summed E-state index contributed by atoms with van der Waals surface area (Å²) in [6.45, 7) is 2.08. The fraction of sp³-hybridized carbons (Fsp3) is 0.200. The van der Waals surface area contributed by atoms with E-state index in [0.29, 0.717) is 0 Å². The molecule has 19 heavy (non-hydrogen) atoms. The Morgan fingerprint density at radius 2 is 2.21 bits per heavy atom. The van der Waals surface area contributed by atoms with E-state index in [1.165, 1.54) is 11.1 Å². The van der Waals surface area contributed by atoms with Crippen molar-refractivity contribution in [2.45, 2.75) is 19.4 Å². The minimum atomic E-state index is 0.00214. The Kier molecular flexibility index (Phi) is 3.38. The lowest BCUT2D eigenvalue weighted by Crippen LogP contribution is -2.29. The highest BCUT2D eigenvalue weighted by molar-refractivity contribution is 7.07. The predicted octanol–water partition coefficient (Wildman–Crippen LogP) is 3.55. The summed E-state index contributed by atoms with van der Waals surface area (Å²) in [6, 6.07) is 10.4. The lowest BCUT2D eigenvalue weighted by molar-refractivity contribution is 0.435. The number of rotatable bonds is 4. The van der Waals surface area contributed by atoms with Crippen LogP contribution in [0.15, 0.2) is 45.5 Å². The van der Waals surface area contributed by atoms with Crippen molar-refractivity contribution >= 4 is 22.3 Å². The summed E-state index contributed by atoms with van der Waals surface area (Å²) < 4.78 is 5.89. The average Bonchev–Trinajstić information content (AvgIpc) is 3.03. The van der Waals surface area contributed by atoms with Gasteiger partial charge in [-0.05, 0) is 53.9 Å². The first-order chi connectivity index (χ1) is 9.26. The molecule has 3 rings (SSSR count). The Labute approximate surface area is 116 Å². The van der Waals surface area contributed by atoms with Crippen LogP contribution in [-0.2, 0) is 6.42 Å². The highest BCUT2D eigenvalue weighted by Crippen LogP contribution is 2.27. The molecule has 2 aromatic heterocycles. The van der Waals surface area contributed by atoms with Crippen molar-refractivity contribution in [1.29, 1.82) is 0 Å². The number of thiophene rings is 1. The Hall–Kier alpha value is -1.62. The number of nitrogens with one attached hydrogen (secondary N) is 1. The van der Waals surface area contributed by atoms with Crippen molar-refractivity contribution in [2.75, 3.05) is 0 Å². The summed E-state index contributed by atoms with van der Waals surface area (Å²) in [7, 11) is 0. The van der Waals surface area contributed by atoms with Gasteiger partial charge in [-0.25, -0.2) is 5.43 Å². The van der Waals surface area contributed by atoms with Gasteiger partial charge < -0.3 is 4.42 Å². The van der Waals surface area contributed by atoms with Crippen molar-refractivity contribution in [2.24, 2.45) is 5.84 Å². The molecule has 0 aliphatic carbocycles. The summed E-state index contributed by atoms with van der Waals surface area (Å²) in [5, 5.41) is 5.34. The normalized spacial score (nSPS) is 12.9. The first kappa shape index (κ1) is 12.4. The largest absolute Gasteiger partial charge is 0.459 e. The Morgan fingerprint density at radius 1 is 1.32 bits per heavy atom. The van der Waals surface area contributed by atoms with E-state index in [-0.39, 0.29) is 6.04 Å². The summed E-state index contributed by atoms with van der Waals surface area (Å²) in [4.78, 5) is 0. The van der Waals surface area contributed by atoms with Gasteiger partial charge in [-0.2, -0.15) is 11.3 Å². The molecule has 2 heterocycles. The van der Waals surface area contributed by atoms with E-state index >= 15 is 0 Å². The number of hydrogen-bond donors (Lipinski definition) is 2. The van der Waals surface area contributed by atoms with Crippen LogP contribution < -0.4 is 11.3 Å². The van der Waals surface area contributed by atoms with Crippen LogP contribution in [0.4, 0.5) is 0 Å². The number of aryl methyl sites for hydroxylation is 1. The van der Waals surface area contributed by atoms with Gasteiger partial charge >= 0.3 is 0 Å². The fourth-order valence-corrected chi connectivity index (χ4v) is 2.92. The van der Waals surface area contributed by atoms with Crippen molar-refractivity contribution in [1.82, 2.24) is 5.43 Å². The number of benzene rings is 1. The maximum Gasteiger partial charge on any atom is 0.134 e. The van der Waals surface area contributed by atoms with E-state index in [4.69, 9.17) is 10.3 Å². The molecular formula is C15H16N2OS. The van der Waals surface area contributed by atoms with Crippen molar-refractivity contribution in [3.8, 4) is 0 Å². The summed E-state index contributed by atoms with van der Waals surface area (Å²) in [5.41, 5.74) is 6.25. The third-order valence-corrected chi connectivity index (χ3v) is 3.99. The topological polar surface area (TPSA) is 51.2 Å². The summed E-state index contributed by atoms with van der Waals surface area (Å²) in [5.74, 6) is 6.55. The van der Waals surface area contributed by atoms with E-state index in [0.717, 1.165) is 23.2 Å². The number of nitrogens with two attached hydrogens (primary N) is 1. The predicted molar refractivity (Wildman–Crippen MR) is 79.0 cm³/mol. The Bertz CT molecular complexity index is 673. The zero-order valence-corrected chi connectivity index (χ0v) is 11.5. The molecule has 0 spiro atoms. The number of fused-ring (bicyclic) bond motifs is 1. The van der Waals surface area contributed by atoms with Crippen molar-refractivity contribution in [3.05, 3.63) is 58.0 Å². The third-order valence-electron chi connectivity index (χ3n) is 3.26. The fourth-order valence-electron chi connectivity index (χ4n) is 2.24. The Morgan fingerprint density at radius 3 is 2.95 bits per heavy atom. The van der Waals surface area contributed by atoms with Crippen LogP contribution in [0.25, 0.3) is 11.0 Å². The first-order valence-electron chi connectivity index (χ1n) is 6.23. The smallest absolute Gasteiger partial charge is 0.134 e. The lowest BCUT2D eigenvalue weighted by atomic mass is 10.1.